The highest BCUT2D eigenvalue weighted by atomic mass is 35.5. The van der Waals surface area contributed by atoms with Gasteiger partial charge in [0, 0.05) is 24.0 Å². The number of hydrogen-bond acceptors (Lipinski definition) is 2. The first-order valence-corrected chi connectivity index (χ1v) is 8.75. The van der Waals surface area contributed by atoms with Gasteiger partial charge in [0.25, 0.3) is 10.2 Å². The van der Waals surface area contributed by atoms with Crippen LogP contribution in [0.1, 0.15) is 52.9 Å². The van der Waals surface area contributed by atoms with Crippen molar-refractivity contribution in [2.75, 3.05) is 12.4 Å². The van der Waals surface area contributed by atoms with Crippen LogP contribution in [0.15, 0.2) is 0 Å². The molecule has 0 aromatic carbocycles. The monoisotopic (exact) mass is 296 g/mol. The Labute approximate surface area is 116 Å². The Morgan fingerprint density at radius 1 is 1.33 bits per heavy atom. The van der Waals surface area contributed by atoms with E-state index in [4.69, 9.17) is 11.6 Å². The second-order valence-corrected chi connectivity index (χ2v) is 7.07. The molecule has 1 N–H and O–H groups in total. The van der Waals surface area contributed by atoms with Gasteiger partial charge in [0.05, 0.1) is 0 Å². The van der Waals surface area contributed by atoms with Gasteiger partial charge in [0.1, 0.15) is 0 Å². The van der Waals surface area contributed by atoms with Crippen LogP contribution in [-0.2, 0) is 10.2 Å². The first-order valence-electron chi connectivity index (χ1n) is 6.77. The van der Waals surface area contributed by atoms with Gasteiger partial charge in [0.2, 0.25) is 0 Å². The summed E-state index contributed by atoms with van der Waals surface area (Å²) in [5.41, 5.74) is -0.516. The Bertz CT molecular complexity index is 347. The minimum absolute atomic E-state index is 0.0815. The quantitative estimate of drug-likeness (QED) is 0.766. The second-order valence-electron chi connectivity index (χ2n) is 5.18. The van der Waals surface area contributed by atoms with Crippen LogP contribution in [0, 0.1) is 0 Å². The van der Waals surface area contributed by atoms with E-state index in [1.807, 2.05) is 20.8 Å². The lowest BCUT2D eigenvalue weighted by atomic mass is 9.97. The summed E-state index contributed by atoms with van der Waals surface area (Å²) < 4.78 is 29.3. The molecular formula is C12H25ClN2O2S. The number of halogens is 1. The van der Waals surface area contributed by atoms with Crippen molar-refractivity contribution in [3.05, 3.63) is 0 Å². The lowest BCUT2D eigenvalue weighted by molar-refractivity contribution is 0.257. The van der Waals surface area contributed by atoms with Gasteiger partial charge in [-0.1, -0.05) is 20.3 Å². The fourth-order valence-electron chi connectivity index (χ4n) is 2.37. The normalized spacial score (nSPS) is 23.2. The second kappa shape index (κ2) is 6.55. The van der Waals surface area contributed by atoms with Crippen molar-refractivity contribution in [2.45, 2.75) is 64.5 Å². The highest BCUT2D eigenvalue weighted by Gasteiger charge is 2.36. The fourth-order valence-corrected chi connectivity index (χ4v) is 4.87. The van der Waals surface area contributed by atoms with E-state index in [0.717, 1.165) is 19.3 Å². The number of nitrogens with one attached hydrogen (secondary N) is 1. The summed E-state index contributed by atoms with van der Waals surface area (Å²) >= 11 is 5.96. The van der Waals surface area contributed by atoms with Gasteiger partial charge < -0.3 is 0 Å². The topological polar surface area (TPSA) is 49.4 Å². The maximum absolute atomic E-state index is 12.4. The summed E-state index contributed by atoms with van der Waals surface area (Å²) in [5, 5.41) is 0. The Morgan fingerprint density at radius 3 is 2.39 bits per heavy atom. The molecule has 6 heteroatoms. The van der Waals surface area contributed by atoms with E-state index in [0.29, 0.717) is 25.3 Å². The predicted molar refractivity (Wildman–Crippen MR) is 76.1 cm³/mol. The highest BCUT2D eigenvalue weighted by Crippen LogP contribution is 2.23. The zero-order valence-electron chi connectivity index (χ0n) is 11.6. The highest BCUT2D eigenvalue weighted by molar-refractivity contribution is 7.87. The van der Waals surface area contributed by atoms with Gasteiger partial charge in [0.15, 0.2) is 0 Å². The maximum Gasteiger partial charge on any atom is 0.280 e. The van der Waals surface area contributed by atoms with Gasteiger partial charge in [-0.3, -0.25) is 0 Å². The van der Waals surface area contributed by atoms with Crippen LogP contribution < -0.4 is 4.72 Å². The fraction of sp³-hybridized carbons (Fsp3) is 1.00. The minimum Gasteiger partial charge on any atom is -0.195 e. The number of alkyl halides is 1. The molecule has 0 aromatic heterocycles. The average molecular weight is 297 g/mol. The Morgan fingerprint density at radius 2 is 1.94 bits per heavy atom. The molecule has 1 rings (SSSR count). The molecule has 1 atom stereocenters. The molecule has 0 aliphatic carbocycles. The molecule has 1 fully saturated rings. The largest absolute Gasteiger partial charge is 0.280 e. The number of rotatable bonds is 6. The third-order valence-electron chi connectivity index (χ3n) is 4.01. The van der Waals surface area contributed by atoms with Crippen molar-refractivity contribution in [1.29, 1.82) is 0 Å². The van der Waals surface area contributed by atoms with Crippen molar-refractivity contribution in [2.24, 2.45) is 0 Å². The van der Waals surface area contributed by atoms with Crippen LogP contribution in [0.3, 0.4) is 0 Å². The van der Waals surface area contributed by atoms with Crippen molar-refractivity contribution < 1.29 is 8.42 Å². The summed E-state index contributed by atoms with van der Waals surface area (Å²) in [6, 6.07) is 0.0815. The Balaban J connectivity index is 2.86. The molecule has 0 aromatic rings. The van der Waals surface area contributed by atoms with E-state index in [-0.39, 0.29) is 6.04 Å². The van der Waals surface area contributed by atoms with Gasteiger partial charge >= 0.3 is 0 Å². The van der Waals surface area contributed by atoms with Crippen LogP contribution in [-0.4, -0.2) is 36.7 Å². The first-order chi connectivity index (χ1) is 8.40. The van der Waals surface area contributed by atoms with Gasteiger partial charge in [-0.15, -0.1) is 11.6 Å². The number of hydrogen-bond donors (Lipinski definition) is 1. The van der Waals surface area contributed by atoms with Crippen molar-refractivity contribution >= 4 is 21.8 Å². The van der Waals surface area contributed by atoms with E-state index < -0.39 is 15.7 Å². The van der Waals surface area contributed by atoms with Crippen LogP contribution in [0.2, 0.25) is 0 Å². The third-order valence-corrected chi connectivity index (χ3v) is 6.37. The molecule has 1 heterocycles. The van der Waals surface area contributed by atoms with Gasteiger partial charge in [-0.25, -0.2) is 0 Å². The zero-order valence-corrected chi connectivity index (χ0v) is 13.1. The molecule has 1 unspecified atom stereocenters. The maximum atomic E-state index is 12.4. The molecule has 4 nitrogen and oxygen atoms in total. The molecule has 1 aliphatic rings. The van der Waals surface area contributed by atoms with Crippen LogP contribution >= 0.6 is 11.6 Å². The zero-order chi connectivity index (χ0) is 13.8. The van der Waals surface area contributed by atoms with Crippen molar-refractivity contribution in [3.63, 3.8) is 0 Å². The predicted octanol–water partition coefficient (Wildman–Crippen LogP) is 2.49. The molecular weight excluding hydrogens is 272 g/mol. The lowest BCUT2D eigenvalue weighted by Gasteiger charge is -2.37. The molecule has 0 amide bonds. The summed E-state index contributed by atoms with van der Waals surface area (Å²) in [6.45, 7) is 6.52. The molecule has 0 bridgehead atoms. The molecule has 0 saturated carbocycles. The Hall–Kier alpha value is 0.160. The molecule has 108 valence electrons. The SMILES string of the molecule is CCC(CC)(CCl)NS(=O)(=O)N1CCCCC1C. The van der Waals surface area contributed by atoms with Crippen molar-refractivity contribution in [1.82, 2.24) is 9.03 Å². The van der Waals surface area contributed by atoms with Gasteiger partial charge in [-0.2, -0.15) is 17.4 Å². The molecule has 1 aliphatic heterocycles. The third kappa shape index (κ3) is 3.59. The lowest BCUT2D eigenvalue weighted by Crippen LogP contribution is -2.56. The standard InChI is InChI=1S/C12H25ClN2O2S/c1-4-12(5-2,10-13)14-18(16,17)15-9-7-6-8-11(15)3/h11,14H,4-10H2,1-3H3. The van der Waals surface area contributed by atoms with E-state index >= 15 is 0 Å². The molecule has 18 heavy (non-hydrogen) atoms. The minimum atomic E-state index is -3.43. The van der Waals surface area contributed by atoms with Crippen LogP contribution in [0.25, 0.3) is 0 Å². The first kappa shape index (κ1) is 16.2. The van der Waals surface area contributed by atoms with E-state index in [2.05, 4.69) is 4.72 Å². The Kier molecular flexibility index (Phi) is 5.90. The van der Waals surface area contributed by atoms with E-state index in [9.17, 15) is 8.42 Å². The van der Waals surface area contributed by atoms with E-state index in [1.54, 1.807) is 4.31 Å². The smallest absolute Gasteiger partial charge is 0.195 e. The summed E-state index contributed by atoms with van der Waals surface area (Å²) in [5.74, 6) is 0.307. The van der Waals surface area contributed by atoms with E-state index in [1.165, 1.54) is 0 Å². The summed E-state index contributed by atoms with van der Waals surface area (Å²) in [7, 11) is -3.43. The van der Waals surface area contributed by atoms with Crippen LogP contribution in [0.5, 0.6) is 0 Å². The van der Waals surface area contributed by atoms with Crippen LogP contribution in [0.4, 0.5) is 0 Å². The van der Waals surface area contributed by atoms with Crippen molar-refractivity contribution in [3.8, 4) is 0 Å². The molecule has 1 saturated heterocycles. The molecule has 0 spiro atoms. The number of nitrogens with zero attached hydrogens (tertiary/aromatic N) is 1. The summed E-state index contributed by atoms with van der Waals surface area (Å²) in [4.78, 5) is 0. The molecule has 0 radical (unpaired) electrons. The summed E-state index contributed by atoms with van der Waals surface area (Å²) in [6.07, 6.45) is 4.39. The number of piperidine rings is 1. The average Bonchev–Trinajstić information content (AvgIpc) is 2.36. The van der Waals surface area contributed by atoms with Gasteiger partial charge in [-0.05, 0) is 32.6 Å².